The van der Waals surface area contributed by atoms with Gasteiger partial charge in [-0.2, -0.15) is 5.26 Å². The molecule has 2 N–H and O–H groups in total. The standard InChI is InChI=1S/C15H16N2O4/c1-21-14(19)6-3-7-17-15(20)12(10-16)8-11-4-2-5-13(18)9-11/h2,4-5,8-9,18H,3,6-7H2,1H3,(H,17,20)/b12-8+. The molecule has 0 unspecified atom stereocenters. The van der Waals surface area contributed by atoms with E-state index >= 15 is 0 Å². The molecule has 0 aliphatic heterocycles. The van der Waals surface area contributed by atoms with Crippen molar-refractivity contribution in [3.8, 4) is 11.8 Å². The maximum atomic E-state index is 11.8. The highest BCUT2D eigenvalue weighted by Gasteiger charge is 2.09. The summed E-state index contributed by atoms with van der Waals surface area (Å²) >= 11 is 0. The third-order valence-corrected chi connectivity index (χ3v) is 2.62. The van der Waals surface area contributed by atoms with Gasteiger partial charge >= 0.3 is 5.97 Å². The Kier molecular flexibility index (Phi) is 6.48. The molecule has 0 saturated carbocycles. The molecule has 0 heterocycles. The molecule has 0 atom stereocenters. The van der Waals surface area contributed by atoms with Crippen LogP contribution in [0.2, 0.25) is 0 Å². The molecule has 0 spiro atoms. The van der Waals surface area contributed by atoms with E-state index in [1.165, 1.54) is 25.3 Å². The van der Waals surface area contributed by atoms with Crippen molar-refractivity contribution in [2.24, 2.45) is 0 Å². The van der Waals surface area contributed by atoms with E-state index in [2.05, 4.69) is 10.1 Å². The maximum absolute atomic E-state index is 11.8. The molecule has 110 valence electrons. The topological polar surface area (TPSA) is 99.4 Å². The summed E-state index contributed by atoms with van der Waals surface area (Å²) in [6.07, 6.45) is 2.02. The van der Waals surface area contributed by atoms with E-state index in [1.54, 1.807) is 18.2 Å². The van der Waals surface area contributed by atoms with Crippen molar-refractivity contribution < 1.29 is 19.4 Å². The van der Waals surface area contributed by atoms with Crippen molar-refractivity contribution >= 4 is 18.0 Å². The third kappa shape index (κ3) is 5.78. The van der Waals surface area contributed by atoms with Gasteiger partial charge in [0.15, 0.2) is 0 Å². The van der Waals surface area contributed by atoms with E-state index in [0.29, 0.717) is 12.0 Å². The first-order valence-electron chi connectivity index (χ1n) is 6.32. The van der Waals surface area contributed by atoms with E-state index in [9.17, 15) is 14.7 Å². The van der Waals surface area contributed by atoms with Crippen LogP contribution >= 0.6 is 0 Å². The number of rotatable bonds is 6. The molecule has 0 saturated heterocycles. The van der Waals surface area contributed by atoms with Gasteiger partial charge in [0.25, 0.3) is 5.91 Å². The van der Waals surface area contributed by atoms with Crippen LogP contribution in [-0.2, 0) is 14.3 Å². The Morgan fingerprint density at radius 1 is 1.48 bits per heavy atom. The highest BCUT2D eigenvalue weighted by Crippen LogP contribution is 2.14. The molecule has 0 aliphatic carbocycles. The molecule has 6 heteroatoms. The molecule has 0 bridgehead atoms. The van der Waals surface area contributed by atoms with Crippen molar-refractivity contribution in [3.05, 3.63) is 35.4 Å². The van der Waals surface area contributed by atoms with Crippen molar-refractivity contribution in [3.63, 3.8) is 0 Å². The van der Waals surface area contributed by atoms with Gasteiger partial charge in [-0.1, -0.05) is 12.1 Å². The number of hydrogen-bond donors (Lipinski definition) is 2. The SMILES string of the molecule is COC(=O)CCCNC(=O)/C(C#N)=C/c1cccc(O)c1. The molecule has 21 heavy (non-hydrogen) atoms. The van der Waals surface area contributed by atoms with Crippen LogP contribution in [0, 0.1) is 11.3 Å². The Hall–Kier alpha value is -2.81. The third-order valence-electron chi connectivity index (χ3n) is 2.62. The van der Waals surface area contributed by atoms with Crippen molar-refractivity contribution in [2.45, 2.75) is 12.8 Å². The Morgan fingerprint density at radius 2 is 2.24 bits per heavy atom. The highest BCUT2D eigenvalue weighted by molar-refractivity contribution is 6.01. The van der Waals surface area contributed by atoms with Crippen LogP contribution in [0.15, 0.2) is 29.8 Å². The zero-order chi connectivity index (χ0) is 15.7. The largest absolute Gasteiger partial charge is 0.508 e. The van der Waals surface area contributed by atoms with Gasteiger partial charge in [0.2, 0.25) is 0 Å². The zero-order valence-corrected chi connectivity index (χ0v) is 11.6. The van der Waals surface area contributed by atoms with Gasteiger partial charge in [-0.25, -0.2) is 0 Å². The lowest BCUT2D eigenvalue weighted by molar-refractivity contribution is -0.140. The number of aromatic hydroxyl groups is 1. The van der Waals surface area contributed by atoms with E-state index in [-0.39, 0.29) is 30.3 Å². The number of amides is 1. The fourth-order valence-electron chi connectivity index (χ4n) is 1.56. The van der Waals surface area contributed by atoms with E-state index in [1.807, 2.05) is 0 Å². The minimum Gasteiger partial charge on any atom is -0.508 e. The average molecular weight is 288 g/mol. The number of phenolic OH excluding ortho intramolecular Hbond substituents is 1. The lowest BCUT2D eigenvalue weighted by Crippen LogP contribution is -2.26. The van der Waals surface area contributed by atoms with Crippen molar-refractivity contribution in [2.75, 3.05) is 13.7 Å². The smallest absolute Gasteiger partial charge is 0.305 e. The first-order valence-corrected chi connectivity index (χ1v) is 6.32. The number of nitrogens with zero attached hydrogens (tertiary/aromatic N) is 1. The summed E-state index contributed by atoms with van der Waals surface area (Å²) in [5, 5.41) is 20.9. The molecular weight excluding hydrogens is 272 g/mol. The summed E-state index contributed by atoms with van der Waals surface area (Å²) < 4.78 is 4.48. The number of hydrogen-bond acceptors (Lipinski definition) is 5. The van der Waals surface area contributed by atoms with Crippen molar-refractivity contribution in [1.82, 2.24) is 5.32 Å². The van der Waals surface area contributed by atoms with Crippen LogP contribution in [0.4, 0.5) is 0 Å². The number of carbonyl (C=O) groups is 2. The number of nitrogens with one attached hydrogen (secondary N) is 1. The maximum Gasteiger partial charge on any atom is 0.305 e. The van der Waals surface area contributed by atoms with Gasteiger partial charge in [0.1, 0.15) is 17.4 Å². The van der Waals surface area contributed by atoms with E-state index in [4.69, 9.17) is 5.26 Å². The van der Waals surface area contributed by atoms with E-state index < -0.39 is 5.91 Å². The quantitative estimate of drug-likeness (QED) is 0.356. The molecule has 1 amide bonds. The summed E-state index contributed by atoms with van der Waals surface area (Å²) in [4.78, 5) is 22.7. The molecule has 1 rings (SSSR count). The molecule has 1 aromatic carbocycles. The van der Waals surface area contributed by atoms with Gasteiger partial charge < -0.3 is 15.2 Å². The Labute approximate surface area is 122 Å². The minimum atomic E-state index is -0.522. The highest BCUT2D eigenvalue weighted by atomic mass is 16.5. The zero-order valence-electron chi connectivity index (χ0n) is 11.6. The van der Waals surface area contributed by atoms with Gasteiger partial charge in [0.05, 0.1) is 7.11 Å². The molecule has 1 aromatic rings. The lowest BCUT2D eigenvalue weighted by Gasteiger charge is -2.04. The first kappa shape index (κ1) is 16.2. The predicted molar refractivity (Wildman–Crippen MR) is 76.0 cm³/mol. The minimum absolute atomic E-state index is 0.0551. The number of phenols is 1. The summed E-state index contributed by atoms with van der Waals surface area (Å²) in [5.74, 6) is -0.815. The summed E-state index contributed by atoms with van der Waals surface area (Å²) in [5.41, 5.74) is 0.481. The number of esters is 1. The first-order chi connectivity index (χ1) is 10.1. The average Bonchev–Trinajstić information content (AvgIpc) is 2.48. The van der Waals surface area contributed by atoms with Gasteiger partial charge in [-0.3, -0.25) is 9.59 Å². The van der Waals surface area contributed by atoms with Crippen LogP contribution in [0.3, 0.4) is 0 Å². The predicted octanol–water partition coefficient (Wildman–Crippen LogP) is 1.37. The fraction of sp³-hybridized carbons (Fsp3) is 0.267. The molecule has 0 aromatic heterocycles. The molecule has 0 fully saturated rings. The summed E-state index contributed by atoms with van der Waals surface area (Å²) in [7, 11) is 1.30. The number of carbonyl (C=O) groups excluding carboxylic acids is 2. The second-order valence-corrected chi connectivity index (χ2v) is 4.20. The van der Waals surface area contributed by atoms with Crippen LogP contribution in [0.1, 0.15) is 18.4 Å². The molecule has 6 nitrogen and oxygen atoms in total. The number of nitriles is 1. The summed E-state index contributed by atoms with van der Waals surface area (Å²) in [6.45, 7) is 0.271. The monoisotopic (exact) mass is 288 g/mol. The number of ether oxygens (including phenoxy) is 1. The van der Waals surface area contributed by atoms with Crippen LogP contribution in [-0.4, -0.2) is 30.6 Å². The fourth-order valence-corrected chi connectivity index (χ4v) is 1.56. The second-order valence-electron chi connectivity index (χ2n) is 4.20. The van der Waals surface area contributed by atoms with Crippen LogP contribution < -0.4 is 5.32 Å². The molecule has 0 radical (unpaired) electrons. The van der Waals surface area contributed by atoms with Gasteiger partial charge in [-0.15, -0.1) is 0 Å². The Morgan fingerprint density at radius 3 is 2.86 bits per heavy atom. The Bertz CT molecular complexity index is 588. The Balaban J connectivity index is 2.58. The van der Waals surface area contributed by atoms with E-state index in [0.717, 1.165) is 0 Å². The molecular formula is C15H16N2O4. The summed E-state index contributed by atoms with van der Waals surface area (Å²) in [6, 6.07) is 8.03. The van der Waals surface area contributed by atoms with Crippen molar-refractivity contribution in [1.29, 1.82) is 5.26 Å². The number of methoxy groups -OCH3 is 1. The van der Waals surface area contributed by atoms with Crippen LogP contribution in [0.5, 0.6) is 5.75 Å². The van der Waals surface area contributed by atoms with Crippen LogP contribution in [0.25, 0.3) is 6.08 Å². The normalized spacial score (nSPS) is 10.6. The lowest BCUT2D eigenvalue weighted by atomic mass is 10.1. The van der Waals surface area contributed by atoms with Gasteiger partial charge in [-0.05, 0) is 30.2 Å². The number of benzene rings is 1. The second kappa shape index (κ2) is 8.38. The van der Waals surface area contributed by atoms with Gasteiger partial charge in [0, 0.05) is 13.0 Å². The molecule has 0 aliphatic rings.